The molecule has 1 heterocycles. The van der Waals surface area contributed by atoms with Crippen molar-refractivity contribution in [3.05, 3.63) is 29.8 Å². The molecule has 0 amide bonds. The van der Waals surface area contributed by atoms with E-state index in [4.69, 9.17) is 9.47 Å². The molecule has 1 aliphatic rings. The van der Waals surface area contributed by atoms with Gasteiger partial charge in [0.1, 0.15) is 5.75 Å². The maximum atomic E-state index is 11.4. The molecule has 27 heavy (non-hydrogen) atoms. The van der Waals surface area contributed by atoms with Gasteiger partial charge in [-0.25, -0.2) is 0 Å². The van der Waals surface area contributed by atoms with E-state index in [1.165, 1.54) is 5.56 Å². The molecule has 152 valence electrons. The number of benzene rings is 1. The maximum absolute atomic E-state index is 11.4. The first-order valence-corrected chi connectivity index (χ1v) is 9.50. The first-order valence-electron chi connectivity index (χ1n) is 9.50. The molecule has 0 aliphatic carbocycles. The molecule has 0 aromatic heterocycles. The predicted molar refractivity (Wildman–Crippen MR) is 119 cm³/mol. The van der Waals surface area contributed by atoms with Crippen LogP contribution in [0.15, 0.2) is 29.3 Å². The molecule has 6 nitrogen and oxygen atoms in total. The summed E-state index contributed by atoms with van der Waals surface area (Å²) in [6.07, 6.45) is 2.24. The average molecular weight is 489 g/mol. The Morgan fingerprint density at radius 3 is 2.67 bits per heavy atom. The Morgan fingerprint density at radius 1 is 1.30 bits per heavy atom. The van der Waals surface area contributed by atoms with Crippen LogP contribution < -0.4 is 10.1 Å². The average Bonchev–Trinajstić information content (AvgIpc) is 3.14. The normalized spacial score (nSPS) is 16.6. The van der Waals surface area contributed by atoms with Crippen molar-refractivity contribution in [2.75, 3.05) is 39.9 Å². The number of esters is 1. The largest absolute Gasteiger partial charge is 0.497 e. The van der Waals surface area contributed by atoms with Crippen molar-refractivity contribution < 1.29 is 14.3 Å². The van der Waals surface area contributed by atoms with E-state index in [2.05, 4.69) is 34.3 Å². The van der Waals surface area contributed by atoms with Gasteiger partial charge >= 0.3 is 5.97 Å². The van der Waals surface area contributed by atoms with Crippen LogP contribution in [0.1, 0.15) is 44.6 Å². The third-order valence-corrected chi connectivity index (χ3v) is 4.52. The van der Waals surface area contributed by atoms with E-state index in [0.717, 1.165) is 37.8 Å². The van der Waals surface area contributed by atoms with Crippen LogP contribution in [-0.4, -0.2) is 56.7 Å². The van der Waals surface area contributed by atoms with Crippen molar-refractivity contribution in [1.29, 1.82) is 0 Å². The number of nitrogens with one attached hydrogen (secondary N) is 1. The van der Waals surface area contributed by atoms with Crippen LogP contribution in [0.3, 0.4) is 0 Å². The zero-order valence-electron chi connectivity index (χ0n) is 16.6. The summed E-state index contributed by atoms with van der Waals surface area (Å²) < 4.78 is 10.2. The third-order valence-electron chi connectivity index (χ3n) is 4.52. The monoisotopic (exact) mass is 489 g/mol. The van der Waals surface area contributed by atoms with E-state index >= 15 is 0 Å². The highest BCUT2D eigenvalue weighted by Crippen LogP contribution is 2.28. The Morgan fingerprint density at radius 2 is 2.04 bits per heavy atom. The molecule has 1 saturated heterocycles. The van der Waals surface area contributed by atoms with Crippen molar-refractivity contribution in [3.63, 3.8) is 0 Å². The molecular weight excluding hydrogens is 457 g/mol. The first kappa shape index (κ1) is 23.5. The lowest BCUT2D eigenvalue weighted by Gasteiger charge is -2.21. The van der Waals surface area contributed by atoms with Crippen LogP contribution in [0.4, 0.5) is 0 Å². The highest BCUT2D eigenvalue weighted by atomic mass is 127. The fourth-order valence-corrected chi connectivity index (χ4v) is 3.17. The number of likely N-dealkylation sites (tertiary alicyclic amines) is 1. The molecule has 1 fully saturated rings. The van der Waals surface area contributed by atoms with E-state index in [0.29, 0.717) is 31.9 Å². The smallest absolute Gasteiger partial charge is 0.305 e. The maximum Gasteiger partial charge on any atom is 0.305 e. The highest BCUT2D eigenvalue weighted by Gasteiger charge is 2.26. The number of carbonyl (C=O) groups is 1. The van der Waals surface area contributed by atoms with E-state index < -0.39 is 0 Å². The van der Waals surface area contributed by atoms with Crippen LogP contribution in [0.25, 0.3) is 0 Å². The minimum Gasteiger partial charge on any atom is -0.497 e. The number of guanidine groups is 1. The zero-order valence-corrected chi connectivity index (χ0v) is 18.9. The van der Waals surface area contributed by atoms with E-state index in [9.17, 15) is 4.79 Å². The number of hydrogen-bond donors (Lipinski definition) is 1. The lowest BCUT2D eigenvalue weighted by Crippen LogP contribution is -2.40. The number of ether oxygens (including phenoxy) is 2. The number of aliphatic imine (C=N–C) groups is 1. The standard InChI is InChI=1S/C20H31N3O3.HI/c1-4-21-20(22-13-6-7-19(24)26-5-2)23-14-12-17(15-23)16-8-10-18(25-3)11-9-16;/h8-11,17H,4-7,12-15H2,1-3H3,(H,21,22);1H. The number of nitrogens with zero attached hydrogens (tertiary/aromatic N) is 2. The van der Waals surface area contributed by atoms with Gasteiger partial charge in [-0.05, 0) is 44.4 Å². The summed E-state index contributed by atoms with van der Waals surface area (Å²) in [5.41, 5.74) is 1.34. The molecule has 0 saturated carbocycles. The first-order chi connectivity index (χ1) is 12.7. The number of rotatable bonds is 8. The fourth-order valence-electron chi connectivity index (χ4n) is 3.17. The van der Waals surface area contributed by atoms with Crippen LogP contribution in [-0.2, 0) is 9.53 Å². The van der Waals surface area contributed by atoms with Crippen LogP contribution >= 0.6 is 24.0 Å². The Labute approximate surface area is 179 Å². The minimum absolute atomic E-state index is 0. The second kappa shape index (κ2) is 12.8. The number of carbonyl (C=O) groups excluding carboxylic acids is 1. The van der Waals surface area contributed by atoms with E-state index in [1.54, 1.807) is 7.11 Å². The molecule has 1 N–H and O–H groups in total. The van der Waals surface area contributed by atoms with Gasteiger partial charge in [-0.15, -0.1) is 24.0 Å². The molecule has 1 aliphatic heterocycles. The summed E-state index contributed by atoms with van der Waals surface area (Å²) in [6.45, 7) is 7.74. The Bertz CT molecular complexity index is 593. The zero-order chi connectivity index (χ0) is 18.8. The van der Waals surface area contributed by atoms with Gasteiger partial charge in [0.2, 0.25) is 0 Å². The molecule has 2 rings (SSSR count). The van der Waals surface area contributed by atoms with Crippen molar-refractivity contribution in [3.8, 4) is 5.75 Å². The quantitative estimate of drug-likeness (QED) is 0.199. The molecule has 1 aromatic rings. The van der Waals surface area contributed by atoms with Crippen LogP contribution in [0.5, 0.6) is 5.75 Å². The number of halogens is 1. The summed E-state index contributed by atoms with van der Waals surface area (Å²) in [5, 5.41) is 3.37. The summed E-state index contributed by atoms with van der Waals surface area (Å²) >= 11 is 0. The lowest BCUT2D eigenvalue weighted by atomic mass is 9.98. The van der Waals surface area contributed by atoms with Gasteiger partial charge in [0.25, 0.3) is 0 Å². The van der Waals surface area contributed by atoms with Gasteiger partial charge < -0.3 is 19.7 Å². The second-order valence-electron chi connectivity index (χ2n) is 6.35. The summed E-state index contributed by atoms with van der Waals surface area (Å²) in [6, 6.07) is 8.34. The summed E-state index contributed by atoms with van der Waals surface area (Å²) in [4.78, 5) is 18.4. The third kappa shape index (κ3) is 7.56. The topological polar surface area (TPSA) is 63.2 Å². The predicted octanol–water partition coefficient (Wildman–Crippen LogP) is 3.41. The summed E-state index contributed by atoms with van der Waals surface area (Å²) in [5.74, 6) is 2.19. The highest BCUT2D eigenvalue weighted by molar-refractivity contribution is 14.0. The van der Waals surface area contributed by atoms with Gasteiger partial charge in [0.05, 0.1) is 13.7 Å². The fraction of sp³-hybridized carbons (Fsp3) is 0.600. The molecule has 1 atom stereocenters. The number of methoxy groups -OCH3 is 1. The Hall–Kier alpha value is -1.51. The molecular formula is C20H32IN3O3. The van der Waals surface area contributed by atoms with Crippen molar-refractivity contribution in [2.24, 2.45) is 4.99 Å². The molecule has 0 radical (unpaired) electrons. The van der Waals surface area contributed by atoms with Gasteiger partial charge in [0, 0.05) is 38.5 Å². The van der Waals surface area contributed by atoms with Gasteiger partial charge in [0.15, 0.2) is 5.96 Å². The van der Waals surface area contributed by atoms with Gasteiger partial charge in [-0.1, -0.05) is 12.1 Å². The molecule has 0 bridgehead atoms. The van der Waals surface area contributed by atoms with E-state index in [1.807, 2.05) is 19.1 Å². The van der Waals surface area contributed by atoms with Crippen molar-refractivity contribution in [1.82, 2.24) is 10.2 Å². The second-order valence-corrected chi connectivity index (χ2v) is 6.35. The van der Waals surface area contributed by atoms with Crippen molar-refractivity contribution >= 4 is 35.9 Å². The molecule has 1 unspecified atom stereocenters. The van der Waals surface area contributed by atoms with Gasteiger partial charge in [-0.2, -0.15) is 0 Å². The molecule has 1 aromatic carbocycles. The Balaban J connectivity index is 0.00000364. The van der Waals surface area contributed by atoms with E-state index in [-0.39, 0.29) is 29.9 Å². The van der Waals surface area contributed by atoms with Crippen LogP contribution in [0.2, 0.25) is 0 Å². The Kier molecular flexibility index (Phi) is 11.2. The SMILES string of the molecule is CCNC(=NCCCC(=O)OCC)N1CCC(c2ccc(OC)cc2)C1.I. The van der Waals surface area contributed by atoms with Crippen LogP contribution in [0, 0.1) is 0 Å². The van der Waals surface area contributed by atoms with Crippen molar-refractivity contribution in [2.45, 2.75) is 39.0 Å². The molecule has 7 heteroatoms. The van der Waals surface area contributed by atoms with Gasteiger partial charge in [-0.3, -0.25) is 9.79 Å². The minimum atomic E-state index is -0.145. The summed E-state index contributed by atoms with van der Waals surface area (Å²) in [7, 11) is 1.69. The molecule has 0 spiro atoms. The lowest BCUT2D eigenvalue weighted by molar-refractivity contribution is -0.143. The number of hydrogen-bond acceptors (Lipinski definition) is 4.